The van der Waals surface area contributed by atoms with E-state index in [1.165, 1.54) is 18.2 Å². The third kappa shape index (κ3) is 7.86. The number of guanidine groups is 1. The van der Waals surface area contributed by atoms with E-state index in [4.69, 9.17) is 33.4 Å². The molecule has 4 N–H and O–H groups in total. The Kier molecular flexibility index (Phi) is 10.5. The van der Waals surface area contributed by atoms with Gasteiger partial charge in [0.15, 0.2) is 11.7 Å². The number of hydrogen-bond donors (Lipinski definition) is 3. The largest absolute Gasteiger partial charge is 0.454 e. The van der Waals surface area contributed by atoms with E-state index < -0.39 is 12.5 Å². The highest BCUT2D eigenvalue weighted by Gasteiger charge is 2.15. The Balaban J connectivity index is 0.00000420. The van der Waals surface area contributed by atoms with Gasteiger partial charge in [-0.25, -0.2) is 4.99 Å². The molecule has 0 atom stereocenters. The van der Waals surface area contributed by atoms with Crippen molar-refractivity contribution in [2.24, 2.45) is 10.7 Å². The summed E-state index contributed by atoms with van der Waals surface area (Å²) >= 11 is 11.9. The third-order valence-corrected chi connectivity index (χ3v) is 3.88. The van der Waals surface area contributed by atoms with Crippen molar-refractivity contribution >= 4 is 59.0 Å². The van der Waals surface area contributed by atoms with Gasteiger partial charge in [-0.1, -0.05) is 23.2 Å². The molecule has 0 aliphatic carbocycles. The maximum Gasteiger partial charge on any atom is 0.387 e. The van der Waals surface area contributed by atoms with Crippen LogP contribution < -0.4 is 21.1 Å². The number of aliphatic imine (C=N–C) groups is 1. The number of hydrogen-bond acceptors (Lipinski definition) is 4. The molecule has 0 spiro atoms. The number of benzene rings is 1. The van der Waals surface area contributed by atoms with Gasteiger partial charge in [-0.3, -0.25) is 4.79 Å². The Labute approximate surface area is 193 Å². The highest BCUT2D eigenvalue weighted by molar-refractivity contribution is 14.0. The van der Waals surface area contributed by atoms with Crippen molar-refractivity contribution in [3.05, 3.63) is 51.4 Å². The van der Waals surface area contributed by atoms with E-state index in [9.17, 15) is 13.6 Å². The van der Waals surface area contributed by atoms with Crippen LogP contribution in [0, 0.1) is 0 Å². The van der Waals surface area contributed by atoms with Crippen molar-refractivity contribution in [3.63, 3.8) is 0 Å². The van der Waals surface area contributed by atoms with E-state index in [-0.39, 0.29) is 58.6 Å². The first kappa shape index (κ1) is 25.2. The van der Waals surface area contributed by atoms with Gasteiger partial charge in [0.2, 0.25) is 0 Å². The van der Waals surface area contributed by atoms with Crippen LogP contribution in [0.4, 0.5) is 8.78 Å². The summed E-state index contributed by atoms with van der Waals surface area (Å²) in [5.41, 5.74) is 5.44. The zero-order chi connectivity index (χ0) is 20.7. The van der Waals surface area contributed by atoms with Crippen LogP contribution in [0.25, 0.3) is 0 Å². The molecule has 0 aliphatic rings. The van der Waals surface area contributed by atoms with Gasteiger partial charge >= 0.3 is 6.61 Å². The summed E-state index contributed by atoms with van der Waals surface area (Å²) < 4.78 is 35.1. The van der Waals surface area contributed by atoms with Gasteiger partial charge in [0.05, 0.1) is 18.1 Å². The number of primary amides is 1. The van der Waals surface area contributed by atoms with Crippen LogP contribution in [0.1, 0.15) is 28.8 Å². The van der Waals surface area contributed by atoms with Crippen molar-refractivity contribution in [2.45, 2.75) is 26.6 Å². The lowest BCUT2D eigenvalue weighted by atomic mass is 10.2. The molecule has 12 heteroatoms. The molecule has 0 bridgehead atoms. The Bertz CT molecular complexity index is 865. The molecule has 7 nitrogen and oxygen atoms in total. The fourth-order valence-electron chi connectivity index (χ4n) is 2.23. The average Bonchev–Trinajstić information content (AvgIpc) is 3.09. The quantitative estimate of drug-likeness (QED) is 0.255. The normalized spacial score (nSPS) is 11.2. The first-order valence-electron chi connectivity index (χ1n) is 8.13. The topological polar surface area (TPSA) is 102 Å². The lowest BCUT2D eigenvalue weighted by molar-refractivity contribution is -0.0503. The molecule has 0 radical (unpaired) electrons. The number of nitrogens with zero attached hydrogens (tertiary/aromatic N) is 1. The first-order valence-corrected chi connectivity index (χ1v) is 8.89. The van der Waals surface area contributed by atoms with E-state index >= 15 is 0 Å². The van der Waals surface area contributed by atoms with Crippen LogP contribution in [0.2, 0.25) is 10.0 Å². The third-order valence-electron chi connectivity index (χ3n) is 3.38. The number of rotatable bonds is 8. The molecule has 0 saturated heterocycles. The monoisotopic (exact) mass is 562 g/mol. The second-order valence-corrected chi connectivity index (χ2v) is 6.28. The summed E-state index contributed by atoms with van der Waals surface area (Å²) in [6.45, 7) is -0.436. The van der Waals surface area contributed by atoms with E-state index in [1.54, 1.807) is 6.07 Å². The predicted molar refractivity (Wildman–Crippen MR) is 117 cm³/mol. The van der Waals surface area contributed by atoms with Gasteiger partial charge in [0.1, 0.15) is 11.5 Å². The highest BCUT2D eigenvalue weighted by atomic mass is 127. The lowest BCUT2D eigenvalue weighted by Crippen LogP contribution is -2.36. The molecule has 0 fully saturated rings. The molecule has 2 aromatic rings. The Morgan fingerprint density at radius 3 is 2.62 bits per heavy atom. The summed E-state index contributed by atoms with van der Waals surface area (Å²) in [7, 11) is 0. The summed E-state index contributed by atoms with van der Waals surface area (Å²) in [6, 6.07) is 5.82. The average molecular weight is 563 g/mol. The molecule has 0 saturated carbocycles. The number of halogens is 5. The van der Waals surface area contributed by atoms with Gasteiger partial charge in [0.25, 0.3) is 5.91 Å². The van der Waals surface area contributed by atoms with Crippen molar-refractivity contribution < 1.29 is 22.7 Å². The molecule has 29 heavy (non-hydrogen) atoms. The lowest BCUT2D eigenvalue weighted by Gasteiger charge is -2.13. The summed E-state index contributed by atoms with van der Waals surface area (Å²) in [5, 5.41) is 6.21. The molecule has 1 aromatic carbocycles. The fourth-order valence-corrected chi connectivity index (χ4v) is 2.81. The summed E-state index contributed by atoms with van der Waals surface area (Å²) in [4.78, 5) is 15.4. The number of nitrogens with two attached hydrogens (primary N) is 1. The molecule has 1 aromatic heterocycles. The molecular formula is C17H19Cl2F2IN4O3. The van der Waals surface area contributed by atoms with Crippen molar-refractivity contribution in [3.8, 4) is 5.75 Å². The summed E-state index contributed by atoms with van der Waals surface area (Å²) in [6.07, 6.45) is 0. The van der Waals surface area contributed by atoms with Crippen LogP contribution >= 0.6 is 47.2 Å². The number of alkyl halides is 2. The van der Waals surface area contributed by atoms with E-state index in [0.29, 0.717) is 23.8 Å². The minimum absolute atomic E-state index is 0. The number of nitrogens with one attached hydrogen (secondary N) is 2. The zero-order valence-corrected chi connectivity index (χ0v) is 19.0. The first-order chi connectivity index (χ1) is 13.3. The van der Waals surface area contributed by atoms with E-state index in [0.717, 1.165) is 0 Å². The van der Waals surface area contributed by atoms with Crippen LogP contribution in [-0.2, 0) is 13.1 Å². The van der Waals surface area contributed by atoms with Gasteiger partial charge in [0, 0.05) is 17.1 Å². The predicted octanol–water partition coefficient (Wildman–Crippen LogP) is 4.16. The van der Waals surface area contributed by atoms with Gasteiger partial charge in [-0.05, 0) is 31.2 Å². The van der Waals surface area contributed by atoms with Crippen LogP contribution in [0.3, 0.4) is 0 Å². The SMILES string of the molecule is CCNC(=NCc1cc(Cl)cc(Cl)c1OC(F)F)NCc1ccc(C(N)=O)o1.I. The number of ether oxygens (including phenoxy) is 1. The molecule has 160 valence electrons. The number of carbonyl (C=O) groups is 1. The number of furan rings is 1. The minimum Gasteiger partial charge on any atom is -0.454 e. The van der Waals surface area contributed by atoms with Crippen molar-refractivity contribution in [1.29, 1.82) is 0 Å². The van der Waals surface area contributed by atoms with Crippen LogP contribution in [-0.4, -0.2) is 25.0 Å². The van der Waals surface area contributed by atoms with Gasteiger partial charge in [-0.15, -0.1) is 24.0 Å². The highest BCUT2D eigenvalue weighted by Crippen LogP contribution is 2.34. The Hall–Kier alpha value is -1.79. The van der Waals surface area contributed by atoms with Crippen molar-refractivity contribution in [1.82, 2.24) is 10.6 Å². The second kappa shape index (κ2) is 12.0. The van der Waals surface area contributed by atoms with Crippen LogP contribution in [0.15, 0.2) is 33.7 Å². The smallest absolute Gasteiger partial charge is 0.387 e. The van der Waals surface area contributed by atoms with E-state index in [2.05, 4.69) is 20.4 Å². The fraction of sp³-hybridized carbons (Fsp3) is 0.294. The molecular weight excluding hydrogens is 544 g/mol. The minimum atomic E-state index is -3.04. The standard InChI is InChI=1S/C17H18Cl2F2N4O3.HI/c1-2-23-17(25-8-11-3-4-13(27-11)15(22)26)24-7-9-5-10(18)6-12(19)14(9)28-16(20)21;/h3-6,16H,2,7-8H2,1H3,(H2,22,26)(H2,23,24,25);1H. The maximum atomic E-state index is 12.7. The molecule has 0 aliphatic heterocycles. The van der Waals surface area contributed by atoms with Gasteiger partial charge in [-0.2, -0.15) is 8.78 Å². The summed E-state index contributed by atoms with van der Waals surface area (Å²) in [5.74, 6) is 0.0284. The molecule has 0 unspecified atom stereocenters. The maximum absolute atomic E-state index is 12.7. The molecule has 1 amide bonds. The Morgan fingerprint density at radius 1 is 1.31 bits per heavy atom. The van der Waals surface area contributed by atoms with E-state index in [1.807, 2.05) is 6.92 Å². The second-order valence-electron chi connectivity index (χ2n) is 5.43. The number of carbonyl (C=O) groups excluding carboxylic acids is 1. The van der Waals surface area contributed by atoms with Crippen molar-refractivity contribution in [2.75, 3.05) is 6.54 Å². The molecule has 2 rings (SSSR count). The van der Waals surface area contributed by atoms with Gasteiger partial charge < -0.3 is 25.5 Å². The number of amides is 1. The molecule has 1 heterocycles. The zero-order valence-electron chi connectivity index (χ0n) is 15.2. The van der Waals surface area contributed by atoms with Crippen LogP contribution in [0.5, 0.6) is 5.75 Å². The Morgan fingerprint density at radius 2 is 2.03 bits per heavy atom.